The summed E-state index contributed by atoms with van der Waals surface area (Å²) in [7, 11) is 0. The minimum atomic E-state index is -0.760. The molecule has 2 heterocycles. The van der Waals surface area contributed by atoms with Gasteiger partial charge in [0.2, 0.25) is 0 Å². The molecule has 0 aliphatic carbocycles. The van der Waals surface area contributed by atoms with Gasteiger partial charge in [0, 0.05) is 22.8 Å². The van der Waals surface area contributed by atoms with Gasteiger partial charge in [-0.25, -0.2) is 9.78 Å². The molecule has 0 atom stereocenters. The number of hydrogen-bond donors (Lipinski definition) is 1. The first-order valence-electron chi connectivity index (χ1n) is 9.78. The monoisotopic (exact) mass is 404 g/mol. The van der Waals surface area contributed by atoms with Crippen LogP contribution >= 0.6 is 0 Å². The molecule has 152 valence electrons. The van der Waals surface area contributed by atoms with Crippen LogP contribution in [-0.2, 0) is 11.2 Å². The van der Waals surface area contributed by atoms with Crippen molar-refractivity contribution in [3.05, 3.63) is 53.3 Å². The number of nitrogens with zero attached hydrogens (tertiary/aromatic N) is 2. The summed E-state index contributed by atoms with van der Waals surface area (Å²) in [6.45, 7) is 2.86. The maximum atomic E-state index is 12.3. The molecule has 1 aromatic heterocycles. The average Bonchev–Trinajstić information content (AvgIpc) is 3.22. The SMILES string of the molecule is CCCCOC(=O)c1nc(C#N)c2ccc(Oc3ccc4c(c3)CCO4)cc2c1O. The number of rotatable bonds is 6. The molecule has 0 spiro atoms. The van der Waals surface area contributed by atoms with Gasteiger partial charge in [0.15, 0.2) is 11.4 Å². The molecule has 30 heavy (non-hydrogen) atoms. The van der Waals surface area contributed by atoms with Crippen LogP contribution in [0.25, 0.3) is 10.8 Å². The first-order chi connectivity index (χ1) is 14.6. The van der Waals surface area contributed by atoms with E-state index >= 15 is 0 Å². The quantitative estimate of drug-likeness (QED) is 0.477. The predicted octanol–water partition coefficient (Wildman–Crippen LogP) is 4.50. The van der Waals surface area contributed by atoms with Gasteiger partial charge in [-0.1, -0.05) is 13.3 Å². The lowest BCUT2D eigenvalue weighted by Crippen LogP contribution is -2.10. The number of esters is 1. The van der Waals surface area contributed by atoms with E-state index < -0.39 is 5.97 Å². The molecule has 0 bridgehead atoms. The summed E-state index contributed by atoms with van der Waals surface area (Å²) in [5, 5.41) is 20.8. The van der Waals surface area contributed by atoms with Crippen LogP contribution in [-0.4, -0.2) is 29.3 Å². The lowest BCUT2D eigenvalue weighted by molar-refractivity contribution is 0.0489. The largest absolute Gasteiger partial charge is 0.505 e. The number of fused-ring (bicyclic) bond motifs is 2. The second-order valence-electron chi connectivity index (χ2n) is 6.94. The van der Waals surface area contributed by atoms with Crippen LogP contribution in [0.15, 0.2) is 36.4 Å². The van der Waals surface area contributed by atoms with Crippen molar-refractivity contribution in [2.75, 3.05) is 13.2 Å². The van der Waals surface area contributed by atoms with Gasteiger partial charge in [-0.2, -0.15) is 5.26 Å². The fourth-order valence-electron chi connectivity index (χ4n) is 3.31. The third kappa shape index (κ3) is 3.72. The highest BCUT2D eigenvalue weighted by Gasteiger charge is 2.21. The molecule has 0 radical (unpaired) electrons. The highest BCUT2D eigenvalue weighted by molar-refractivity contribution is 6.01. The minimum absolute atomic E-state index is 0.0338. The summed E-state index contributed by atoms with van der Waals surface area (Å²) in [5.74, 6) is 0.848. The smallest absolute Gasteiger partial charge is 0.360 e. The van der Waals surface area contributed by atoms with Gasteiger partial charge in [-0.15, -0.1) is 0 Å². The van der Waals surface area contributed by atoms with E-state index in [4.69, 9.17) is 14.2 Å². The van der Waals surface area contributed by atoms with Gasteiger partial charge in [0.25, 0.3) is 0 Å². The van der Waals surface area contributed by atoms with Crippen molar-refractivity contribution in [3.63, 3.8) is 0 Å². The number of hydrogen-bond acceptors (Lipinski definition) is 7. The number of pyridine rings is 1. The molecule has 0 unspecified atom stereocenters. The normalized spacial score (nSPS) is 12.1. The van der Waals surface area contributed by atoms with E-state index in [1.165, 1.54) is 0 Å². The number of aromatic nitrogens is 1. The standard InChI is InChI=1S/C23H20N2O5/c1-2-3-9-29-23(27)21-22(26)18-12-16(4-6-17(18)19(13-24)25-21)30-15-5-7-20-14(11-15)8-10-28-20/h4-7,11-12,26H,2-3,8-10H2,1H3. The van der Waals surface area contributed by atoms with E-state index in [2.05, 4.69) is 4.98 Å². The first kappa shape index (κ1) is 19.5. The molecule has 0 saturated heterocycles. The van der Waals surface area contributed by atoms with Crippen molar-refractivity contribution >= 4 is 16.7 Å². The van der Waals surface area contributed by atoms with Crippen LogP contribution < -0.4 is 9.47 Å². The van der Waals surface area contributed by atoms with Crippen molar-refractivity contribution in [2.45, 2.75) is 26.2 Å². The highest BCUT2D eigenvalue weighted by atomic mass is 16.5. The van der Waals surface area contributed by atoms with E-state index in [0.717, 1.165) is 24.2 Å². The van der Waals surface area contributed by atoms with Gasteiger partial charge in [0.05, 0.1) is 13.2 Å². The first-order valence-corrected chi connectivity index (χ1v) is 9.78. The van der Waals surface area contributed by atoms with Gasteiger partial charge in [0.1, 0.15) is 29.0 Å². The minimum Gasteiger partial charge on any atom is -0.505 e. The Morgan fingerprint density at radius 1 is 1.23 bits per heavy atom. The van der Waals surface area contributed by atoms with Crippen LogP contribution in [0.2, 0.25) is 0 Å². The van der Waals surface area contributed by atoms with E-state index in [-0.39, 0.29) is 23.7 Å². The molecular formula is C23H20N2O5. The van der Waals surface area contributed by atoms with Gasteiger partial charge >= 0.3 is 5.97 Å². The topological polar surface area (TPSA) is 102 Å². The van der Waals surface area contributed by atoms with Gasteiger partial charge in [-0.3, -0.25) is 0 Å². The zero-order valence-electron chi connectivity index (χ0n) is 16.5. The molecule has 1 aliphatic heterocycles. The fourth-order valence-corrected chi connectivity index (χ4v) is 3.31. The van der Waals surface area contributed by atoms with Gasteiger partial charge in [-0.05, 0) is 42.8 Å². The van der Waals surface area contributed by atoms with Crippen LogP contribution in [0.4, 0.5) is 0 Å². The number of unbranched alkanes of at least 4 members (excludes halogenated alkanes) is 1. The van der Waals surface area contributed by atoms with E-state index in [1.54, 1.807) is 24.3 Å². The van der Waals surface area contributed by atoms with Crippen LogP contribution in [0.1, 0.15) is 41.5 Å². The molecular weight excluding hydrogens is 384 g/mol. The van der Waals surface area contributed by atoms with Crippen molar-refractivity contribution in [3.8, 4) is 29.1 Å². The summed E-state index contributed by atoms with van der Waals surface area (Å²) < 4.78 is 16.6. The molecule has 0 fully saturated rings. The van der Waals surface area contributed by atoms with Crippen molar-refractivity contribution in [2.24, 2.45) is 0 Å². The number of aromatic hydroxyl groups is 1. The third-order valence-corrected chi connectivity index (χ3v) is 4.88. The maximum absolute atomic E-state index is 12.3. The molecule has 1 aliphatic rings. The van der Waals surface area contributed by atoms with Crippen LogP contribution in [0.3, 0.4) is 0 Å². The molecule has 7 nitrogen and oxygen atoms in total. The third-order valence-electron chi connectivity index (χ3n) is 4.88. The Morgan fingerprint density at radius 2 is 2.03 bits per heavy atom. The van der Waals surface area contributed by atoms with E-state index in [1.807, 2.05) is 25.1 Å². The number of carbonyl (C=O) groups excluding carboxylic acids is 1. The van der Waals surface area contributed by atoms with Crippen molar-refractivity contribution in [1.82, 2.24) is 4.98 Å². The van der Waals surface area contributed by atoms with Crippen molar-refractivity contribution in [1.29, 1.82) is 5.26 Å². The Labute approximate surface area is 173 Å². The molecule has 7 heteroatoms. The molecule has 3 aromatic rings. The molecule has 2 aromatic carbocycles. The summed E-state index contributed by atoms with van der Waals surface area (Å²) in [6.07, 6.45) is 2.39. The number of carbonyl (C=O) groups is 1. The second-order valence-corrected chi connectivity index (χ2v) is 6.94. The zero-order valence-corrected chi connectivity index (χ0v) is 16.5. The second kappa shape index (κ2) is 8.29. The van der Waals surface area contributed by atoms with Crippen molar-refractivity contribution < 1.29 is 24.1 Å². The number of nitriles is 1. The Morgan fingerprint density at radius 3 is 2.83 bits per heavy atom. The Balaban J connectivity index is 1.69. The summed E-state index contributed by atoms with van der Waals surface area (Å²) in [4.78, 5) is 16.3. The lowest BCUT2D eigenvalue weighted by atomic mass is 10.1. The Bertz CT molecular complexity index is 1170. The predicted molar refractivity (Wildman–Crippen MR) is 109 cm³/mol. The number of ether oxygens (including phenoxy) is 3. The molecule has 1 N–H and O–H groups in total. The number of benzene rings is 2. The van der Waals surface area contributed by atoms with Gasteiger partial charge < -0.3 is 19.3 Å². The average molecular weight is 404 g/mol. The maximum Gasteiger partial charge on any atom is 0.360 e. The highest BCUT2D eigenvalue weighted by Crippen LogP contribution is 2.36. The molecule has 4 rings (SSSR count). The summed E-state index contributed by atoms with van der Waals surface area (Å²) in [6, 6.07) is 12.5. The van der Waals surface area contributed by atoms with E-state index in [0.29, 0.717) is 35.3 Å². The lowest BCUT2D eigenvalue weighted by Gasteiger charge is -2.11. The molecule has 0 saturated carbocycles. The summed E-state index contributed by atoms with van der Waals surface area (Å²) >= 11 is 0. The van der Waals surface area contributed by atoms with Crippen LogP contribution in [0.5, 0.6) is 23.0 Å². The zero-order chi connectivity index (χ0) is 21.1. The molecule has 0 amide bonds. The van der Waals surface area contributed by atoms with Crippen LogP contribution in [0, 0.1) is 11.3 Å². The Hall–Kier alpha value is -3.79. The summed E-state index contributed by atoms with van der Waals surface area (Å²) in [5.41, 5.74) is 0.831. The Kier molecular flexibility index (Phi) is 5.40. The van der Waals surface area contributed by atoms with E-state index in [9.17, 15) is 15.2 Å². The fraction of sp³-hybridized carbons (Fsp3) is 0.261.